The summed E-state index contributed by atoms with van der Waals surface area (Å²) in [7, 11) is 0. The maximum atomic E-state index is 11.9. The van der Waals surface area contributed by atoms with Gasteiger partial charge in [0.2, 0.25) is 0 Å². The van der Waals surface area contributed by atoms with Gasteiger partial charge in [0.1, 0.15) is 5.75 Å². The molecule has 1 N–H and O–H groups in total. The van der Waals surface area contributed by atoms with Gasteiger partial charge in [0, 0.05) is 4.47 Å². The van der Waals surface area contributed by atoms with Gasteiger partial charge in [0.05, 0.1) is 6.04 Å². The van der Waals surface area contributed by atoms with E-state index in [2.05, 4.69) is 52.4 Å². The molecule has 116 valence electrons. The number of amides is 1. The first kappa shape index (κ1) is 16.6. The van der Waals surface area contributed by atoms with Crippen LogP contribution < -0.4 is 10.1 Å². The highest BCUT2D eigenvalue weighted by atomic mass is 79.9. The molecule has 0 aliphatic carbocycles. The number of ether oxygens (including phenoxy) is 1. The molecule has 0 radical (unpaired) electrons. The number of hydrogen-bond acceptors (Lipinski definition) is 2. The minimum atomic E-state index is -0.130. The van der Waals surface area contributed by atoms with E-state index in [4.69, 9.17) is 4.74 Å². The lowest BCUT2D eigenvalue weighted by Gasteiger charge is -2.15. The number of aryl methyl sites for hydroxylation is 1. The third-order valence-corrected chi connectivity index (χ3v) is 3.98. The van der Waals surface area contributed by atoms with Gasteiger partial charge in [0.15, 0.2) is 6.61 Å². The third kappa shape index (κ3) is 4.88. The van der Waals surface area contributed by atoms with E-state index in [1.54, 1.807) is 0 Å². The third-order valence-electron chi connectivity index (χ3n) is 3.45. The van der Waals surface area contributed by atoms with Gasteiger partial charge in [-0.05, 0) is 48.7 Å². The first-order valence-electron chi connectivity index (χ1n) is 7.35. The topological polar surface area (TPSA) is 38.3 Å². The number of rotatable bonds is 6. The van der Waals surface area contributed by atoms with E-state index in [-0.39, 0.29) is 18.6 Å². The highest BCUT2D eigenvalue weighted by Gasteiger charge is 2.10. The molecule has 0 heterocycles. The molecule has 0 saturated carbocycles. The second-order valence-electron chi connectivity index (χ2n) is 5.13. The summed E-state index contributed by atoms with van der Waals surface area (Å²) in [6, 6.07) is 15.7. The van der Waals surface area contributed by atoms with Gasteiger partial charge in [-0.25, -0.2) is 0 Å². The van der Waals surface area contributed by atoms with Gasteiger partial charge in [-0.15, -0.1) is 0 Å². The van der Waals surface area contributed by atoms with Gasteiger partial charge in [-0.3, -0.25) is 4.79 Å². The molecule has 2 aromatic rings. The molecule has 2 aromatic carbocycles. The molecule has 0 spiro atoms. The minimum Gasteiger partial charge on any atom is -0.484 e. The van der Waals surface area contributed by atoms with Crippen LogP contribution >= 0.6 is 15.9 Å². The van der Waals surface area contributed by atoms with E-state index >= 15 is 0 Å². The number of carbonyl (C=O) groups is 1. The molecule has 2 rings (SSSR count). The van der Waals surface area contributed by atoms with Crippen LogP contribution in [0.25, 0.3) is 0 Å². The van der Waals surface area contributed by atoms with Crippen LogP contribution in [0.3, 0.4) is 0 Å². The average molecular weight is 362 g/mol. The van der Waals surface area contributed by atoms with Crippen LogP contribution in [0.2, 0.25) is 0 Å². The molecule has 3 nitrogen and oxygen atoms in total. The van der Waals surface area contributed by atoms with Gasteiger partial charge < -0.3 is 10.1 Å². The first-order valence-corrected chi connectivity index (χ1v) is 8.14. The Labute approximate surface area is 139 Å². The smallest absolute Gasteiger partial charge is 0.258 e. The van der Waals surface area contributed by atoms with Crippen LogP contribution in [-0.4, -0.2) is 12.5 Å². The quantitative estimate of drug-likeness (QED) is 0.834. The summed E-state index contributed by atoms with van der Waals surface area (Å²) in [6.45, 7) is 4.11. The lowest BCUT2D eigenvalue weighted by molar-refractivity contribution is -0.123. The highest BCUT2D eigenvalue weighted by Crippen LogP contribution is 2.16. The Morgan fingerprint density at radius 1 is 1.14 bits per heavy atom. The molecule has 0 aliphatic heterocycles. The Bertz CT molecular complexity index is 608. The van der Waals surface area contributed by atoms with Crippen LogP contribution in [0.15, 0.2) is 53.0 Å². The van der Waals surface area contributed by atoms with Crippen molar-refractivity contribution in [2.75, 3.05) is 6.61 Å². The molecule has 1 amide bonds. The van der Waals surface area contributed by atoms with Crippen LogP contribution in [0.4, 0.5) is 0 Å². The van der Waals surface area contributed by atoms with Crippen molar-refractivity contribution in [1.29, 1.82) is 0 Å². The number of benzene rings is 2. The van der Waals surface area contributed by atoms with Crippen molar-refractivity contribution in [2.24, 2.45) is 0 Å². The lowest BCUT2D eigenvalue weighted by atomic mass is 10.1. The van der Waals surface area contributed by atoms with E-state index in [0.717, 1.165) is 16.5 Å². The van der Waals surface area contributed by atoms with E-state index < -0.39 is 0 Å². The number of carbonyl (C=O) groups excluding carboxylic acids is 1. The molecule has 0 fully saturated rings. The molecule has 0 aromatic heterocycles. The maximum Gasteiger partial charge on any atom is 0.258 e. The minimum absolute atomic E-state index is 0.0129. The summed E-state index contributed by atoms with van der Waals surface area (Å²) in [6.07, 6.45) is 1.02. The van der Waals surface area contributed by atoms with Crippen molar-refractivity contribution in [3.8, 4) is 5.75 Å². The normalized spacial score (nSPS) is 11.8. The average Bonchev–Trinajstić information content (AvgIpc) is 2.54. The summed E-state index contributed by atoms with van der Waals surface area (Å²) in [5.74, 6) is 0.549. The van der Waals surface area contributed by atoms with Crippen molar-refractivity contribution in [1.82, 2.24) is 5.32 Å². The van der Waals surface area contributed by atoms with Crippen molar-refractivity contribution in [3.05, 3.63) is 64.1 Å². The van der Waals surface area contributed by atoms with Gasteiger partial charge >= 0.3 is 0 Å². The molecule has 1 atom stereocenters. The molecule has 4 heteroatoms. The Morgan fingerprint density at radius 3 is 2.36 bits per heavy atom. The molecule has 0 saturated heterocycles. The van der Waals surface area contributed by atoms with Gasteiger partial charge in [0.25, 0.3) is 5.91 Å². The number of hydrogen-bond donors (Lipinski definition) is 1. The Hall–Kier alpha value is -1.81. The van der Waals surface area contributed by atoms with Crippen LogP contribution in [0.5, 0.6) is 5.75 Å². The zero-order valence-corrected chi connectivity index (χ0v) is 14.4. The molecule has 0 aliphatic rings. The second-order valence-corrected chi connectivity index (χ2v) is 6.04. The molecule has 0 bridgehead atoms. The highest BCUT2D eigenvalue weighted by molar-refractivity contribution is 9.10. The lowest BCUT2D eigenvalue weighted by Crippen LogP contribution is -2.31. The van der Waals surface area contributed by atoms with Crippen LogP contribution in [0.1, 0.15) is 31.0 Å². The summed E-state index contributed by atoms with van der Waals surface area (Å²) in [5.41, 5.74) is 2.38. The molecular formula is C18H20BrNO2. The van der Waals surface area contributed by atoms with Gasteiger partial charge in [-0.1, -0.05) is 47.1 Å². The predicted octanol–water partition coefficient (Wildman–Crippen LogP) is 4.27. The fraction of sp³-hybridized carbons (Fsp3) is 0.278. The van der Waals surface area contributed by atoms with E-state index in [0.29, 0.717) is 5.75 Å². The second kappa shape index (κ2) is 7.99. The monoisotopic (exact) mass is 361 g/mol. The standard InChI is InChI=1S/C18H20BrNO2/c1-3-14-4-6-15(7-5-14)13(2)20-18(21)12-22-17-10-8-16(19)9-11-17/h4-11,13H,3,12H2,1-2H3,(H,20,21)/t13-/m1/s1. The summed E-state index contributed by atoms with van der Waals surface area (Å²) in [5, 5.41) is 2.94. The van der Waals surface area contributed by atoms with Crippen molar-refractivity contribution >= 4 is 21.8 Å². The summed E-state index contributed by atoms with van der Waals surface area (Å²) in [4.78, 5) is 11.9. The van der Waals surface area contributed by atoms with Crippen molar-refractivity contribution < 1.29 is 9.53 Å². The summed E-state index contributed by atoms with van der Waals surface area (Å²) < 4.78 is 6.44. The first-order chi connectivity index (χ1) is 10.6. The Kier molecular flexibility index (Phi) is 6.01. The van der Waals surface area contributed by atoms with E-state index in [1.165, 1.54) is 5.56 Å². The molecule has 22 heavy (non-hydrogen) atoms. The maximum absolute atomic E-state index is 11.9. The van der Waals surface area contributed by atoms with Crippen LogP contribution in [0, 0.1) is 0 Å². The van der Waals surface area contributed by atoms with Gasteiger partial charge in [-0.2, -0.15) is 0 Å². The SMILES string of the molecule is CCc1ccc([C@@H](C)NC(=O)COc2ccc(Br)cc2)cc1. The molecular weight excluding hydrogens is 342 g/mol. The summed E-state index contributed by atoms with van der Waals surface area (Å²) >= 11 is 3.36. The fourth-order valence-electron chi connectivity index (χ4n) is 2.09. The predicted molar refractivity (Wildman–Crippen MR) is 92.0 cm³/mol. The van der Waals surface area contributed by atoms with E-state index in [9.17, 15) is 4.79 Å². The van der Waals surface area contributed by atoms with E-state index in [1.807, 2.05) is 31.2 Å². The van der Waals surface area contributed by atoms with Crippen LogP contribution in [-0.2, 0) is 11.2 Å². The zero-order valence-electron chi connectivity index (χ0n) is 12.8. The Balaban J connectivity index is 1.83. The number of halogens is 1. The Morgan fingerprint density at radius 2 is 1.77 bits per heavy atom. The number of nitrogens with one attached hydrogen (secondary N) is 1. The van der Waals surface area contributed by atoms with Crippen molar-refractivity contribution in [2.45, 2.75) is 26.3 Å². The zero-order chi connectivity index (χ0) is 15.9. The van der Waals surface area contributed by atoms with Crippen molar-refractivity contribution in [3.63, 3.8) is 0 Å². The largest absolute Gasteiger partial charge is 0.484 e. The fourth-order valence-corrected chi connectivity index (χ4v) is 2.35. The molecule has 0 unspecified atom stereocenters.